The van der Waals surface area contributed by atoms with E-state index >= 15 is 0 Å². The molecule has 1 aromatic rings. The third kappa shape index (κ3) is 5.23. The number of carbonyl (C=O) groups excluding carboxylic acids is 1. The Morgan fingerprint density at radius 1 is 1.14 bits per heavy atom. The fraction of sp³-hybridized carbons (Fsp3) is 0.650. The smallest absolute Gasteiger partial charge is 0.418 e. The summed E-state index contributed by atoms with van der Waals surface area (Å²) in [5.74, 6) is 0.556. The van der Waals surface area contributed by atoms with Crippen molar-refractivity contribution in [1.29, 1.82) is 0 Å². The molecule has 1 saturated heterocycles. The standard InChI is InChI=1S/C20H28F3N3O2/c1-13-8-10-26(11-9-13)18-7-4-15(12-17(18)20(21,22)23)25-14-2-5-16(6-3-14)28-19(24)27/h4,7,12-14,16,25H,2-3,5-6,8-11H2,1H3,(H2,24,27). The molecule has 0 aromatic heterocycles. The van der Waals surface area contributed by atoms with Crippen LogP contribution in [-0.4, -0.2) is 31.3 Å². The van der Waals surface area contributed by atoms with Gasteiger partial charge in [0.15, 0.2) is 0 Å². The van der Waals surface area contributed by atoms with Crippen LogP contribution in [0.25, 0.3) is 0 Å². The molecule has 0 bridgehead atoms. The Morgan fingerprint density at radius 3 is 2.36 bits per heavy atom. The molecule has 0 unspecified atom stereocenters. The van der Waals surface area contributed by atoms with Gasteiger partial charge >= 0.3 is 12.3 Å². The van der Waals surface area contributed by atoms with Gasteiger partial charge < -0.3 is 20.7 Å². The topological polar surface area (TPSA) is 67.6 Å². The molecule has 1 aliphatic carbocycles. The Balaban J connectivity index is 1.69. The minimum atomic E-state index is -4.40. The molecule has 28 heavy (non-hydrogen) atoms. The zero-order valence-corrected chi connectivity index (χ0v) is 16.1. The number of halogens is 3. The number of carbonyl (C=O) groups is 1. The summed E-state index contributed by atoms with van der Waals surface area (Å²) in [4.78, 5) is 12.7. The average molecular weight is 399 g/mol. The van der Waals surface area contributed by atoms with Gasteiger partial charge in [0.25, 0.3) is 0 Å². The first-order valence-corrected chi connectivity index (χ1v) is 9.91. The van der Waals surface area contributed by atoms with Crippen molar-refractivity contribution >= 4 is 17.5 Å². The Bertz CT molecular complexity index is 680. The van der Waals surface area contributed by atoms with E-state index in [0.717, 1.165) is 12.8 Å². The number of anilines is 2. The Kier molecular flexibility index (Phi) is 6.25. The van der Waals surface area contributed by atoms with Gasteiger partial charge in [-0.05, 0) is 62.6 Å². The molecule has 5 nitrogen and oxygen atoms in total. The number of nitrogens with zero attached hydrogens (tertiary/aromatic N) is 1. The number of benzene rings is 1. The highest BCUT2D eigenvalue weighted by Crippen LogP contribution is 2.40. The largest absolute Gasteiger partial charge is 0.446 e. The van der Waals surface area contributed by atoms with Crippen LogP contribution in [0.1, 0.15) is 51.0 Å². The molecule has 0 spiro atoms. The highest BCUT2D eigenvalue weighted by Gasteiger charge is 2.36. The van der Waals surface area contributed by atoms with Crippen LogP contribution in [0.5, 0.6) is 0 Å². The van der Waals surface area contributed by atoms with Gasteiger partial charge in [-0.25, -0.2) is 4.79 Å². The van der Waals surface area contributed by atoms with Crippen LogP contribution in [0.3, 0.4) is 0 Å². The number of primary amides is 1. The maximum absolute atomic E-state index is 13.7. The lowest BCUT2D eigenvalue weighted by atomic mass is 9.92. The van der Waals surface area contributed by atoms with E-state index in [-0.39, 0.29) is 17.8 Å². The van der Waals surface area contributed by atoms with Crippen LogP contribution in [0.15, 0.2) is 18.2 Å². The molecule has 8 heteroatoms. The Morgan fingerprint density at radius 2 is 1.79 bits per heavy atom. The molecule has 0 radical (unpaired) electrons. The fourth-order valence-corrected chi connectivity index (χ4v) is 4.10. The summed E-state index contributed by atoms with van der Waals surface area (Å²) < 4.78 is 46.1. The lowest BCUT2D eigenvalue weighted by Gasteiger charge is -2.34. The van der Waals surface area contributed by atoms with Crippen LogP contribution in [-0.2, 0) is 10.9 Å². The van der Waals surface area contributed by atoms with Crippen LogP contribution >= 0.6 is 0 Å². The zero-order valence-electron chi connectivity index (χ0n) is 16.1. The quantitative estimate of drug-likeness (QED) is 0.766. The van der Waals surface area contributed by atoms with Crippen molar-refractivity contribution in [2.75, 3.05) is 23.3 Å². The van der Waals surface area contributed by atoms with Gasteiger partial charge in [-0.1, -0.05) is 6.92 Å². The Hall–Kier alpha value is -2.12. The lowest BCUT2D eigenvalue weighted by Crippen LogP contribution is -2.34. The SMILES string of the molecule is CC1CCN(c2ccc(NC3CCC(OC(N)=O)CC3)cc2C(F)(F)F)CC1. The number of rotatable bonds is 4. The number of piperidine rings is 1. The van der Waals surface area contributed by atoms with E-state index < -0.39 is 17.8 Å². The first-order chi connectivity index (χ1) is 13.2. The number of alkyl halides is 3. The second kappa shape index (κ2) is 8.49. The first kappa shape index (κ1) is 20.6. The van der Waals surface area contributed by atoms with E-state index in [2.05, 4.69) is 12.2 Å². The van der Waals surface area contributed by atoms with Gasteiger partial charge in [0, 0.05) is 30.5 Å². The monoisotopic (exact) mass is 399 g/mol. The molecule has 1 aliphatic heterocycles. The maximum atomic E-state index is 13.7. The molecule has 3 N–H and O–H groups in total. The molecule has 1 heterocycles. The third-order valence-corrected chi connectivity index (χ3v) is 5.75. The Labute approximate surface area is 163 Å². The van der Waals surface area contributed by atoms with Crippen molar-refractivity contribution in [2.24, 2.45) is 11.7 Å². The summed E-state index contributed by atoms with van der Waals surface area (Å²) >= 11 is 0. The summed E-state index contributed by atoms with van der Waals surface area (Å²) in [6, 6.07) is 4.59. The molecule has 2 fully saturated rings. The third-order valence-electron chi connectivity index (χ3n) is 5.75. The number of ether oxygens (including phenoxy) is 1. The molecular weight excluding hydrogens is 371 g/mol. The second-order valence-electron chi connectivity index (χ2n) is 7.95. The highest BCUT2D eigenvalue weighted by molar-refractivity contribution is 5.65. The normalized spacial score (nSPS) is 24.1. The van der Waals surface area contributed by atoms with Gasteiger partial charge in [-0.2, -0.15) is 13.2 Å². The summed E-state index contributed by atoms with van der Waals surface area (Å²) in [5.41, 5.74) is 5.19. The van der Waals surface area contributed by atoms with Crippen molar-refractivity contribution in [3.05, 3.63) is 23.8 Å². The van der Waals surface area contributed by atoms with Gasteiger partial charge in [0.2, 0.25) is 0 Å². The maximum Gasteiger partial charge on any atom is 0.418 e. The second-order valence-corrected chi connectivity index (χ2v) is 7.95. The van der Waals surface area contributed by atoms with Crippen molar-refractivity contribution in [1.82, 2.24) is 0 Å². The van der Waals surface area contributed by atoms with Crippen LogP contribution in [0.2, 0.25) is 0 Å². The zero-order chi connectivity index (χ0) is 20.3. The minimum Gasteiger partial charge on any atom is -0.446 e. The summed E-state index contributed by atoms with van der Waals surface area (Å²) in [7, 11) is 0. The molecule has 156 valence electrons. The van der Waals surface area contributed by atoms with E-state index in [9.17, 15) is 18.0 Å². The fourth-order valence-electron chi connectivity index (χ4n) is 4.10. The van der Waals surface area contributed by atoms with Gasteiger partial charge in [-0.3, -0.25) is 0 Å². The molecule has 3 rings (SSSR count). The van der Waals surface area contributed by atoms with E-state index in [1.165, 1.54) is 6.07 Å². The highest BCUT2D eigenvalue weighted by atomic mass is 19.4. The lowest BCUT2D eigenvalue weighted by molar-refractivity contribution is -0.137. The predicted molar refractivity (Wildman–Crippen MR) is 102 cm³/mol. The van der Waals surface area contributed by atoms with Crippen molar-refractivity contribution in [2.45, 2.75) is 63.8 Å². The van der Waals surface area contributed by atoms with Crippen LogP contribution < -0.4 is 16.0 Å². The molecule has 1 aromatic carbocycles. The van der Waals surface area contributed by atoms with E-state index in [0.29, 0.717) is 50.4 Å². The van der Waals surface area contributed by atoms with Crippen LogP contribution in [0.4, 0.5) is 29.3 Å². The number of amides is 1. The molecule has 1 amide bonds. The summed E-state index contributed by atoms with van der Waals surface area (Å²) in [6.07, 6.45) is -0.840. The van der Waals surface area contributed by atoms with E-state index in [1.807, 2.05) is 4.90 Å². The number of nitrogens with two attached hydrogens (primary N) is 1. The predicted octanol–water partition coefficient (Wildman–Crippen LogP) is 4.76. The van der Waals surface area contributed by atoms with Crippen molar-refractivity contribution in [3.63, 3.8) is 0 Å². The van der Waals surface area contributed by atoms with E-state index in [1.54, 1.807) is 12.1 Å². The number of hydrogen-bond acceptors (Lipinski definition) is 4. The number of hydrogen-bond donors (Lipinski definition) is 2. The first-order valence-electron chi connectivity index (χ1n) is 9.91. The summed E-state index contributed by atoms with van der Waals surface area (Å²) in [5, 5.41) is 3.21. The average Bonchev–Trinajstić information content (AvgIpc) is 2.63. The minimum absolute atomic E-state index is 0.0514. The van der Waals surface area contributed by atoms with Crippen LogP contribution in [0, 0.1) is 5.92 Å². The van der Waals surface area contributed by atoms with Crippen molar-refractivity contribution in [3.8, 4) is 0 Å². The van der Waals surface area contributed by atoms with E-state index in [4.69, 9.17) is 10.5 Å². The van der Waals surface area contributed by atoms with Gasteiger partial charge in [-0.15, -0.1) is 0 Å². The molecule has 2 aliphatic rings. The number of nitrogens with one attached hydrogen (secondary N) is 1. The molecular formula is C20H28F3N3O2. The summed E-state index contributed by atoms with van der Waals surface area (Å²) in [6.45, 7) is 3.44. The van der Waals surface area contributed by atoms with Gasteiger partial charge in [0.1, 0.15) is 6.10 Å². The molecule has 1 saturated carbocycles. The molecule has 0 atom stereocenters. The van der Waals surface area contributed by atoms with Gasteiger partial charge in [0.05, 0.1) is 5.56 Å². The van der Waals surface area contributed by atoms with Crippen molar-refractivity contribution < 1.29 is 22.7 Å².